The Morgan fingerprint density at radius 2 is 1.83 bits per heavy atom. The van der Waals surface area contributed by atoms with Crippen LogP contribution in [-0.2, 0) is 16.7 Å². The molecule has 0 atom stereocenters. The van der Waals surface area contributed by atoms with Gasteiger partial charge in [0.1, 0.15) is 0 Å². The van der Waals surface area contributed by atoms with Crippen LogP contribution >= 0.6 is 0 Å². The van der Waals surface area contributed by atoms with Crippen molar-refractivity contribution < 1.29 is 8.42 Å². The molecule has 0 aliphatic rings. The Hall–Kier alpha value is -1.09. The van der Waals surface area contributed by atoms with Gasteiger partial charge in [-0.05, 0) is 12.5 Å². The molecule has 0 N–H and O–H groups in total. The summed E-state index contributed by atoms with van der Waals surface area (Å²) < 4.78 is 20.4. The molecular formula is C9H10O2S. The first-order valence-electron chi connectivity index (χ1n) is 3.65. The third kappa shape index (κ3) is 2.88. The second-order valence-corrected chi connectivity index (χ2v) is 3.47. The molecule has 0 aliphatic heterocycles. The Morgan fingerprint density at radius 1 is 1.25 bits per heavy atom. The van der Waals surface area contributed by atoms with Gasteiger partial charge in [0.25, 0.3) is 0 Å². The smallest absolute Gasteiger partial charge is 0.185 e. The van der Waals surface area contributed by atoms with E-state index in [2.05, 4.69) is 0 Å². The number of hydrogen-bond acceptors (Lipinski definition) is 2. The molecule has 0 saturated carbocycles. The summed E-state index contributed by atoms with van der Waals surface area (Å²) in [6.07, 6.45) is 0.483. The average molecular weight is 182 g/mol. The first kappa shape index (κ1) is 9.00. The summed E-state index contributed by atoms with van der Waals surface area (Å²) in [5.74, 6) is 0. The minimum atomic E-state index is -2.05. The molecule has 0 aromatic heterocycles. The fourth-order valence-electron chi connectivity index (χ4n) is 0.888. The predicted octanol–water partition coefficient (Wildman–Crippen LogP) is 1.22. The van der Waals surface area contributed by atoms with Gasteiger partial charge in [-0.1, -0.05) is 29.8 Å². The second-order valence-electron chi connectivity index (χ2n) is 2.62. The first-order chi connectivity index (χ1) is 5.68. The molecule has 3 heteroatoms. The highest BCUT2D eigenvalue weighted by Crippen LogP contribution is 2.02. The fraction of sp³-hybridized carbons (Fsp3) is 0.222. The van der Waals surface area contributed by atoms with Crippen LogP contribution in [0.3, 0.4) is 0 Å². The van der Waals surface area contributed by atoms with Crippen LogP contribution in [0.25, 0.3) is 0 Å². The van der Waals surface area contributed by atoms with Crippen LogP contribution in [-0.4, -0.2) is 13.8 Å². The quantitative estimate of drug-likeness (QED) is 0.644. The Labute approximate surface area is 73.4 Å². The van der Waals surface area contributed by atoms with Gasteiger partial charge in [-0.15, -0.1) is 0 Å². The van der Waals surface area contributed by atoms with E-state index in [1.807, 2.05) is 31.2 Å². The third-order valence-corrected chi connectivity index (χ3v) is 2.01. The van der Waals surface area contributed by atoms with Crippen LogP contribution in [0.1, 0.15) is 11.1 Å². The number of hydrogen-bond donors (Lipinski definition) is 0. The van der Waals surface area contributed by atoms with E-state index in [0.29, 0.717) is 6.42 Å². The van der Waals surface area contributed by atoms with Crippen molar-refractivity contribution in [1.29, 1.82) is 0 Å². The van der Waals surface area contributed by atoms with Crippen LogP contribution in [0.2, 0.25) is 0 Å². The first-order valence-corrected chi connectivity index (χ1v) is 4.79. The van der Waals surface area contributed by atoms with Crippen molar-refractivity contribution in [2.24, 2.45) is 0 Å². The van der Waals surface area contributed by atoms with Gasteiger partial charge in [0, 0.05) is 11.8 Å². The minimum Gasteiger partial charge on any atom is -0.185 e. The van der Waals surface area contributed by atoms with E-state index in [0.717, 1.165) is 5.56 Å². The standard InChI is InChI=1S/C9H10O2S/c1-8-2-4-9(5-3-8)6-7-12(10)11/h2-5,7H,6H2,1H3. The van der Waals surface area contributed by atoms with Crippen LogP contribution in [0.5, 0.6) is 0 Å². The molecule has 0 amide bonds. The van der Waals surface area contributed by atoms with E-state index in [1.165, 1.54) is 10.9 Å². The van der Waals surface area contributed by atoms with Crippen molar-refractivity contribution in [3.8, 4) is 0 Å². The van der Waals surface area contributed by atoms with Crippen LogP contribution in [0.4, 0.5) is 0 Å². The highest BCUT2D eigenvalue weighted by Gasteiger charge is 1.88. The zero-order valence-electron chi connectivity index (χ0n) is 6.82. The Kier molecular flexibility index (Phi) is 3.05. The van der Waals surface area contributed by atoms with E-state index < -0.39 is 10.3 Å². The normalized spacial score (nSPS) is 9.42. The molecule has 0 spiro atoms. The molecule has 0 heterocycles. The Bertz CT molecular complexity index is 365. The maximum absolute atomic E-state index is 10.2. The van der Waals surface area contributed by atoms with Gasteiger partial charge in [0.2, 0.25) is 10.3 Å². The molecule has 0 aliphatic carbocycles. The lowest BCUT2D eigenvalue weighted by molar-refractivity contribution is 0.627. The van der Waals surface area contributed by atoms with Gasteiger partial charge in [0.05, 0.1) is 0 Å². The molecule has 12 heavy (non-hydrogen) atoms. The zero-order valence-corrected chi connectivity index (χ0v) is 7.64. The largest absolute Gasteiger partial charge is 0.210 e. The minimum absolute atomic E-state index is 0.483. The molecule has 1 rings (SSSR count). The van der Waals surface area contributed by atoms with Crippen molar-refractivity contribution in [3.63, 3.8) is 0 Å². The van der Waals surface area contributed by atoms with Crippen LogP contribution in [0, 0.1) is 6.92 Å². The van der Waals surface area contributed by atoms with Gasteiger partial charge in [-0.3, -0.25) is 0 Å². The maximum Gasteiger partial charge on any atom is 0.210 e. The predicted molar refractivity (Wildman–Crippen MR) is 49.9 cm³/mol. The van der Waals surface area contributed by atoms with Crippen LogP contribution in [0.15, 0.2) is 24.3 Å². The molecule has 0 unspecified atom stereocenters. The van der Waals surface area contributed by atoms with Gasteiger partial charge < -0.3 is 0 Å². The molecule has 0 fully saturated rings. The van der Waals surface area contributed by atoms with E-state index in [9.17, 15) is 8.42 Å². The molecule has 0 bridgehead atoms. The zero-order chi connectivity index (χ0) is 8.97. The van der Waals surface area contributed by atoms with E-state index in [1.54, 1.807) is 0 Å². The maximum atomic E-state index is 10.2. The van der Waals surface area contributed by atoms with Crippen molar-refractivity contribution >= 4 is 15.7 Å². The second kappa shape index (κ2) is 4.07. The lowest BCUT2D eigenvalue weighted by atomic mass is 10.1. The van der Waals surface area contributed by atoms with Gasteiger partial charge in [0.15, 0.2) is 0 Å². The third-order valence-electron chi connectivity index (χ3n) is 1.58. The lowest BCUT2D eigenvalue weighted by Crippen LogP contribution is -1.86. The summed E-state index contributed by atoms with van der Waals surface area (Å²) >= 11 is 0. The monoisotopic (exact) mass is 182 g/mol. The lowest BCUT2D eigenvalue weighted by Gasteiger charge is -1.94. The Morgan fingerprint density at radius 3 is 2.33 bits per heavy atom. The van der Waals surface area contributed by atoms with Gasteiger partial charge in [-0.2, -0.15) is 8.42 Å². The highest BCUT2D eigenvalue weighted by molar-refractivity contribution is 7.71. The number of rotatable bonds is 2. The molecule has 2 nitrogen and oxygen atoms in total. The molecule has 1 aromatic rings. The van der Waals surface area contributed by atoms with Gasteiger partial charge >= 0.3 is 0 Å². The van der Waals surface area contributed by atoms with Crippen molar-refractivity contribution in [3.05, 3.63) is 35.4 Å². The van der Waals surface area contributed by atoms with Gasteiger partial charge in [-0.25, -0.2) is 0 Å². The van der Waals surface area contributed by atoms with E-state index >= 15 is 0 Å². The summed E-state index contributed by atoms with van der Waals surface area (Å²) in [6.45, 7) is 2.00. The van der Waals surface area contributed by atoms with E-state index in [-0.39, 0.29) is 0 Å². The fourth-order valence-corrected chi connectivity index (χ4v) is 1.22. The highest BCUT2D eigenvalue weighted by atomic mass is 32.2. The summed E-state index contributed by atoms with van der Waals surface area (Å²) in [4.78, 5) is 0. The average Bonchev–Trinajstić information content (AvgIpc) is 2.03. The van der Waals surface area contributed by atoms with E-state index in [4.69, 9.17) is 0 Å². The summed E-state index contributed by atoms with van der Waals surface area (Å²) in [5.41, 5.74) is 2.20. The van der Waals surface area contributed by atoms with Crippen molar-refractivity contribution in [2.75, 3.05) is 0 Å². The molecule has 64 valence electrons. The van der Waals surface area contributed by atoms with Crippen LogP contribution < -0.4 is 0 Å². The number of benzene rings is 1. The molecule has 0 radical (unpaired) electrons. The topological polar surface area (TPSA) is 34.1 Å². The summed E-state index contributed by atoms with van der Waals surface area (Å²) in [5, 5.41) is 1.25. The van der Waals surface area contributed by atoms with Crippen molar-refractivity contribution in [1.82, 2.24) is 0 Å². The number of aryl methyl sites for hydroxylation is 1. The Balaban J connectivity index is 2.78. The molecule has 1 aromatic carbocycles. The summed E-state index contributed by atoms with van der Waals surface area (Å²) in [7, 11) is -2.05. The molecular weight excluding hydrogens is 172 g/mol. The van der Waals surface area contributed by atoms with Crippen molar-refractivity contribution in [2.45, 2.75) is 13.3 Å². The SMILES string of the molecule is Cc1ccc(CC=S(=O)=O)cc1. The molecule has 0 saturated heterocycles. The summed E-state index contributed by atoms with van der Waals surface area (Å²) in [6, 6.07) is 7.80.